The van der Waals surface area contributed by atoms with Crippen LogP contribution in [0, 0.1) is 17.5 Å². The monoisotopic (exact) mass is 323 g/mol. The van der Waals surface area contributed by atoms with Crippen molar-refractivity contribution < 1.29 is 23.1 Å². The van der Waals surface area contributed by atoms with E-state index >= 15 is 0 Å². The molecular weight excluding hydrogens is 307 g/mol. The molecule has 6 heteroatoms. The van der Waals surface area contributed by atoms with E-state index in [4.69, 9.17) is 0 Å². The fraction of sp³-hybridized carbons (Fsp3) is 0.235. The standard InChI is InChI=1S/C17H16F3NO2/c1-10(11-5-2-3-6-12(11)18)17(23)21-9-15(22)16-13(19)7-4-8-14(16)20/h2-8,10,15,22H,9H2,1H3,(H,21,23). The molecule has 0 aliphatic rings. The topological polar surface area (TPSA) is 49.3 Å². The zero-order valence-electron chi connectivity index (χ0n) is 12.4. The van der Waals surface area contributed by atoms with Gasteiger partial charge in [-0.15, -0.1) is 0 Å². The minimum absolute atomic E-state index is 0.205. The van der Waals surface area contributed by atoms with Crippen LogP contribution in [0.2, 0.25) is 0 Å². The molecule has 0 aliphatic heterocycles. The van der Waals surface area contributed by atoms with Gasteiger partial charge in [0.25, 0.3) is 0 Å². The van der Waals surface area contributed by atoms with Gasteiger partial charge in [0.1, 0.15) is 23.6 Å². The number of benzene rings is 2. The molecule has 2 unspecified atom stereocenters. The van der Waals surface area contributed by atoms with Crippen molar-refractivity contribution in [3.63, 3.8) is 0 Å². The zero-order valence-corrected chi connectivity index (χ0v) is 12.4. The lowest BCUT2D eigenvalue weighted by molar-refractivity contribution is -0.122. The molecule has 0 spiro atoms. The lowest BCUT2D eigenvalue weighted by atomic mass is 9.99. The Labute approximate surface area is 131 Å². The maximum Gasteiger partial charge on any atom is 0.227 e. The quantitative estimate of drug-likeness (QED) is 0.888. The van der Waals surface area contributed by atoms with E-state index in [-0.39, 0.29) is 12.1 Å². The van der Waals surface area contributed by atoms with Gasteiger partial charge in [-0.25, -0.2) is 13.2 Å². The van der Waals surface area contributed by atoms with E-state index in [9.17, 15) is 23.1 Å². The third-order valence-electron chi connectivity index (χ3n) is 3.57. The fourth-order valence-corrected chi connectivity index (χ4v) is 2.25. The van der Waals surface area contributed by atoms with Crippen LogP contribution in [0.25, 0.3) is 0 Å². The molecule has 23 heavy (non-hydrogen) atoms. The highest BCUT2D eigenvalue weighted by Crippen LogP contribution is 2.21. The number of hydrogen-bond donors (Lipinski definition) is 2. The van der Waals surface area contributed by atoms with Crippen LogP contribution in [0.1, 0.15) is 30.1 Å². The number of rotatable bonds is 5. The van der Waals surface area contributed by atoms with Gasteiger partial charge in [-0.3, -0.25) is 4.79 Å². The van der Waals surface area contributed by atoms with Crippen molar-refractivity contribution in [1.82, 2.24) is 5.32 Å². The van der Waals surface area contributed by atoms with Crippen molar-refractivity contribution in [3.8, 4) is 0 Å². The molecule has 2 rings (SSSR count). The average Bonchev–Trinajstić information content (AvgIpc) is 2.52. The van der Waals surface area contributed by atoms with Gasteiger partial charge in [-0.2, -0.15) is 0 Å². The van der Waals surface area contributed by atoms with Crippen LogP contribution >= 0.6 is 0 Å². The molecular formula is C17H16F3NO2. The van der Waals surface area contributed by atoms with Crippen LogP contribution < -0.4 is 5.32 Å². The highest BCUT2D eigenvalue weighted by molar-refractivity contribution is 5.83. The molecule has 0 bridgehead atoms. The molecule has 2 N–H and O–H groups in total. The summed E-state index contributed by atoms with van der Waals surface area (Å²) in [6, 6.07) is 9.05. The molecule has 0 saturated carbocycles. The van der Waals surface area contributed by atoms with Crippen molar-refractivity contribution in [2.45, 2.75) is 18.9 Å². The second-order valence-corrected chi connectivity index (χ2v) is 5.14. The van der Waals surface area contributed by atoms with Crippen LogP contribution in [-0.2, 0) is 4.79 Å². The summed E-state index contributed by atoms with van der Waals surface area (Å²) in [5, 5.41) is 12.2. The first-order valence-electron chi connectivity index (χ1n) is 7.06. The summed E-state index contributed by atoms with van der Waals surface area (Å²) < 4.78 is 40.7. The van der Waals surface area contributed by atoms with E-state index in [0.29, 0.717) is 0 Å². The predicted molar refractivity (Wildman–Crippen MR) is 79.1 cm³/mol. The van der Waals surface area contributed by atoms with Gasteiger partial charge >= 0.3 is 0 Å². The fourth-order valence-electron chi connectivity index (χ4n) is 2.25. The first kappa shape index (κ1) is 17.0. The molecule has 2 aromatic rings. The van der Waals surface area contributed by atoms with E-state index < -0.39 is 40.9 Å². The van der Waals surface area contributed by atoms with E-state index in [1.54, 1.807) is 6.07 Å². The molecule has 122 valence electrons. The van der Waals surface area contributed by atoms with E-state index in [0.717, 1.165) is 12.1 Å². The third-order valence-corrected chi connectivity index (χ3v) is 3.57. The molecule has 0 aromatic heterocycles. The van der Waals surface area contributed by atoms with Crippen molar-refractivity contribution in [1.29, 1.82) is 0 Å². The summed E-state index contributed by atoms with van der Waals surface area (Å²) in [4.78, 5) is 12.0. The molecule has 2 atom stereocenters. The Morgan fingerprint density at radius 3 is 2.22 bits per heavy atom. The number of nitrogens with one attached hydrogen (secondary N) is 1. The average molecular weight is 323 g/mol. The van der Waals surface area contributed by atoms with Crippen molar-refractivity contribution in [3.05, 3.63) is 71.0 Å². The summed E-state index contributed by atoms with van der Waals surface area (Å²) >= 11 is 0. The Bertz CT molecular complexity index is 686. The van der Waals surface area contributed by atoms with Crippen LogP contribution in [-0.4, -0.2) is 17.6 Å². The normalized spacial score (nSPS) is 13.4. The number of aliphatic hydroxyl groups is 1. The molecule has 1 amide bonds. The van der Waals surface area contributed by atoms with Gasteiger partial charge in [0.05, 0.1) is 11.5 Å². The molecule has 0 aliphatic carbocycles. The molecule has 0 heterocycles. The number of hydrogen-bond acceptors (Lipinski definition) is 2. The van der Waals surface area contributed by atoms with Crippen LogP contribution in [0.15, 0.2) is 42.5 Å². The number of aliphatic hydroxyl groups excluding tert-OH is 1. The van der Waals surface area contributed by atoms with Crippen molar-refractivity contribution >= 4 is 5.91 Å². The Morgan fingerprint density at radius 1 is 1.04 bits per heavy atom. The lowest BCUT2D eigenvalue weighted by Crippen LogP contribution is -2.32. The van der Waals surface area contributed by atoms with Gasteiger partial charge in [-0.05, 0) is 30.7 Å². The lowest BCUT2D eigenvalue weighted by Gasteiger charge is -2.17. The second kappa shape index (κ2) is 7.28. The van der Waals surface area contributed by atoms with Crippen LogP contribution in [0.4, 0.5) is 13.2 Å². The molecule has 2 aromatic carbocycles. The largest absolute Gasteiger partial charge is 0.386 e. The minimum atomic E-state index is -1.53. The van der Waals surface area contributed by atoms with Gasteiger partial charge < -0.3 is 10.4 Å². The van der Waals surface area contributed by atoms with E-state index in [2.05, 4.69) is 5.32 Å². The first-order valence-corrected chi connectivity index (χ1v) is 7.06. The molecule has 3 nitrogen and oxygen atoms in total. The molecule has 0 saturated heterocycles. The summed E-state index contributed by atoms with van der Waals surface area (Å²) in [5.41, 5.74) is -0.303. The van der Waals surface area contributed by atoms with Gasteiger partial charge in [0, 0.05) is 6.54 Å². The van der Waals surface area contributed by atoms with Crippen molar-refractivity contribution in [2.75, 3.05) is 6.54 Å². The maximum absolute atomic E-state index is 13.6. The number of carbonyl (C=O) groups excluding carboxylic acids is 1. The van der Waals surface area contributed by atoms with Crippen molar-refractivity contribution in [2.24, 2.45) is 0 Å². The first-order chi connectivity index (χ1) is 10.9. The number of amides is 1. The summed E-state index contributed by atoms with van der Waals surface area (Å²) in [6.45, 7) is 1.12. The zero-order chi connectivity index (χ0) is 17.0. The van der Waals surface area contributed by atoms with Gasteiger partial charge in [0.15, 0.2) is 0 Å². The SMILES string of the molecule is CC(C(=O)NCC(O)c1c(F)cccc1F)c1ccccc1F. The Balaban J connectivity index is 2.03. The molecule has 0 radical (unpaired) electrons. The van der Waals surface area contributed by atoms with Gasteiger partial charge in [0.2, 0.25) is 5.91 Å². The smallest absolute Gasteiger partial charge is 0.227 e. The van der Waals surface area contributed by atoms with E-state index in [1.165, 1.54) is 31.2 Å². The van der Waals surface area contributed by atoms with Crippen LogP contribution in [0.3, 0.4) is 0 Å². The Kier molecular flexibility index (Phi) is 5.39. The highest BCUT2D eigenvalue weighted by Gasteiger charge is 2.22. The maximum atomic E-state index is 13.6. The van der Waals surface area contributed by atoms with E-state index in [1.807, 2.05) is 0 Å². The molecule has 0 fully saturated rings. The minimum Gasteiger partial charge on any atom is -0.386 e. The summed E-state index contributed by atoms with van der Waals surface area (Å²) in [6.07, 6.45) is -1.53. The van der Waals surface area contributed by atoms with Crippen LogP contribution in [0.5, 0.6) is 0 Å². The second-order valence-electron chi connectivity index (χ2n) is 5.14. The number of carbonyl (C=O) groups is 1. The van der Waals surface area contributed by atoms with Gasteiger partial charge in [-0.1, -0.05) is 24.3 Å². The highest BCUT2D eigenvalue weighted by atomic mass is 19.1. The third kappa shape index (κ3) is 3.90. The Morgan fingerprint density at radius 2 is 1.61 bits per heavy atom. The Hall–Kier alpha value is -2.34. The summed E-state index contributed by atoms with van der Waals surface area (Å²) in [7, 11) is 0. The summed E-state index contributed by atoms with van der Waals surface area (Å²) in [5.74, 6) is -3.65. The predicted octanol–water partition coefficient (Wildman–Crippen LogP) is 3.06. The number of halogens is 3.